The molecule has 2 fully saturated rings. The number of aromatic nitrogens is 6. The van der Waals surface area contributed by atoms with Crippen LogP contribution in [0.2, 0.25) is 0 Å². The van der Waals surface area contributed by atoms with E-state index in [1.54, 1.807) is 17.8 Å². The molecule has 35 heavy (non-hydrogen) atoms. The Labute approximate surface area is 205 Å². The molecule has 0 unspecified atom stereocenters. The van der Waals surface area contributed by atoms with Gasteiger partial charge in [-0.25, -0.2) is 9.97 Å². The SMILES string of the molecule is C1CCCCC1.Cc1nc(-c2cnn(C)c2CNc2noc(CC3CCC3)n2)ncc1O.O=CO. The molecule has 0 amide bonds. The van der Waals surface area contributed by atoms with E-state index in [2.05, 4.69) is 30.5 Å². The highest BCUT2D eigenvalue weighted by Crippen LogP contribution is 2.29. The summed E-state index contributed by atoms with van der Waals surface area (Å²) >= 11 is 0. The molecule has 0 spiro atoms. The van der Waals surface area contributed by atoms with Gasteiger partial charge in [0.15, 0.2) is 11.6 Å². The normalized spacial score (nSPS) is 15.1. The first kappa shape index (κ1) is 26.1. The molecular weight excluding hydrogens is 450 g/mol. The number of hydrogen-bond acceptors (Lipinski definition) is 9. The monoisotopic (exact) mass is 485 g/mol. The van der Waals surface area contributed by atoms with Gasteiger partial charge in [-0.05, 0) is 30.8 Å². The number of aryl methyl sites for hydroxylation is 2. The summed E-state index contributed by atoms with van der Waals surface area (Å²) in [6, 6.07) is 0. The van der Waals surface area contributed by atoms with Crippen LogP contribution in [0.4, 0.5) is 5.95 Å². The van der Waals surface area contributed by atoms with Crippen LogP contribution >= 0.6 is 0 Å². The van der Waals surface area contributed by atoms with Gasteiger partial charge in [-0.1, -0.05) is 44.9 Å². The molecule has 0 aromatic carbocycles. The fourth-order valence-electron chi connectivity index (χ4n) is 4.03. The van der Waals surface area contributed by atoms with Gasteiger partial charge in [0.1, 0.15) is 0 Å². The van der Waals surface area contributed by atoms with Crippen molar-refractivity contribution in [2.45, 2.75) is 77.7 Å². The van der Waals surface area contributed by atoms with Gasteiger partial charge in [-0.2, -0.15) is 10.1 Å². The fourth-order valence-corrected chi connectivity index (χ4v) is 4.03. The summed E-state index contributed by atoms with van der Waals surface area (Å²) in [7, 11) is 1.85. The lowest BCUT2D eigenvalue weighted by Crippen LogP contribution is -2.13. The molecule has 11 heteroatoms. The standard InChI is InChI=1S/C17H21N7O2.C6H12.CH2O2/c1-10-14(25)9-18-16(21-10)12-7-20-24(2)13(12)8-19-17-22-15(26-23-17)6-11-4-3-5-11;1-2-4-6-5-3-1;2-1-3/h7,9,11,25H,3-6,8H2,1-2H3,(H,19,23);1-6H2;1H,(H,2,3). The van der Waals surface area contributed by atoms with E-state index in [1.807, 2.05) is 7.05 Å². The predicted molar refractivity (Wildman–Crippen MR) is 130 cm³/mol. The third-order valence-corrected chi connectivity index (χ3v) is 6.33. The maximum Gasteiger partial charge on any atom is 0.290 e. The molecule has 0 aliphatic heterocycles. The van der Waals surface area contributed by atoms with Crippen LogP contribution in [0.1, 0.15) is 75.1 Å². The lowest BCUT2D eigenvalue weighted by atomic mass is 9.83. The number of anilines is 1. The molecule has 0 radical (unpaired) electrons. The van der Waals surface area contributed by atoms with Gasteiger partial charge in [0.05, 0.1) is 35.9 Å². The van der Waals surface area contributed by atoms with Gasteiger partial charge in [-0.3, -0.25) is 9.48 Å². The number of nitrogens with zero attached hydrogens (tertiary/aromatic N) is 6. The third kappa shape index (κ3) is 7.76. The van der Waals surface area contributed by atoms with Gasteiger partial charge in [-0.15, -0.1) is 0 Å². The van der Waals surface area contributed by atoms with Gasteiger partial charge >= 0.3 is 0 Å². The molecule has 3 N–H and O–H groups in total. The van der Waals surface area contributed by atoms with Crippen LogP contribution < -0.4 is 5.32 Å². The molecule has 2 aliphatic carbocycles. The molecule has 0 atom stereocenters. The number of carboxylic acid groups (broad SMARTS) is 1. The molecule has 3 heterocycles. The molecule has 0 bridgehead atoms. The Morgan fingerprint density at radius 3 is 2.34 bits per heavy atom. The lowest BCUT2D eigenvalue weighted by molar-refractivity contribution is -0.122. The number of carbonyl (C=O) groups is 1. The number of hydrogen-bond donors (Lipinski definition) is 3. The van der Waals surface area contributed by atoms with E-state index in [0.29, 0.717) is 35.8 Å². The van der Waals surface area contributed by atoms with Crippen molar-refractivity contribution >= 4 is 12.4 Å². The summed E-state index contributed by atoms with van der Waals surface area (Å²) in [5, 5.41) is 28.0. The third-order valence-electron chi connectivity index (χ3n) is 6.33. The summed E-state index contributed by atoms with van der Waals surface area (Å²) in [6.07, 6.45) is 16.7. The van der Waals surface area contributed by atoms with E-state index >= 15 is 0 Å². The van der Waals surface area contributed by atoms with Crippen LogP contribution in [0.15, 0.2) is 16.9 Å². The molecule has 0 saturated heterocycles. The highest BCUT2D eigenvalue weighted by molar-refractivity contribution is 5.58. The van der Waals surface area contributed by atoms with Gasteiger partial charge in [0, 0.05) is 13.5 Å². The largest absolute Gasteiger partial charge is 0.504 e. The van der Waals surface area contributed by atoms with E-state index < -0.39 is 0 Å². The first-order valence-electron chi connectivity index (χ1n) is 12.2. The first-order valence-corrected chi connectivity index (χ1v) is 12.2. The molecule has 3 aromatic heterocycles. The van der Waals surface area contributed by atoms with E-state index in [9.17, 15) is 5.11 Å². The quantitative estimate of drug-likeness (QED) is 0.431. The van der Waals surface area contributed by atoms with Crippen molar-refractivity contribution in [1.29, 1.82) is 0 Å². The summed E-state index contributed by atoms with van der Waals surface area (Å²) in [6.45, 7) is 1.94. The zero-order chi connectivity index (χ0) is 25.0. The number of aromatic hydroxyl groups is 1. The van der Waals surface area contributed by atoms with Crippen LogP contribution in [0.5, 0.6) is 5.75 Å². The van der Waals surface area contributed by atoms with Crippen molar-refractivity contribution in [3.8, 4) is 17.1 Å². The second kappa shape index (κ2) is 13.4. The van der Waals surface area contributed by atoms with Crippen LogP contribution in [-0.2, 0) is 24.8 Å². The van der Waals surface area contributed by atoms with E-state index in [1.165, 1.54) is 64.0 Å². The Kier molecular flexibility index (Phi) is 10.00. The highest BCUT2D eigenvalue weighted by Gasteiger charge is 2.21. The Hall–Kier alpha value is -3.50. The van der Waals surface area contributed by atoms with E-state index in [-0.39, 0.29) is 12.2 Å². The van der Waals surface area contributed by atoms with Crippen molar-refractivity contribution in [3.05, 3.63) is 29.7 Å². The molecule has 5 rings (SSSR count). The summed E-state index contributed by atoms with van der Waals surface area (Å²) in [5.41, 5.74) is 2.21. The van der Waals surface area contributed by atoms with Crippen molar-refractivity contribution in [3.63, 3.8) is 0 Å². The van der Waals surface area contributed by atoms with Gasteiger partial charge in [0.2, 0.25) is 5.89 Å². The first-order chi connectivity index (χ1) is 17.0. The van der Waals surface area contributed by atoms with Gasteiger partial charge < -0.3 is 20.1 Å². The molecule has 2 saturated carbocycles. The zero-order valence-corrected chi connectivity index (χ0v) is 20.5. The minimum absolute atomic E-state index is 0.0723. The topological polar surface area (TPSA) is 152 Å². The summed E-state index contributed by atoms with van der Waals surface area (Å²) < 4.78 is 7.07. The zero-order valence-electron chi connectivity index (χ0n) is 20.5. The average molecular weight is 486 g/mol. The Morgan fingerprint density at radius 2 is 1.77 bits per heavy atom. The lowest BCUT2D eigenvalue weighted by Gasteiger charge is -2.23. The molecular formula is C24H35N7O4. The Morgan fingerprint density at radius 1 is 1.11 bits per heavy atom. The molecule has 2 aliphatic rings. The van der Waals surface area contributed by atoms with Crippen molar-refractivity contribution < 1.29 is 19.5 Å². The van der Waals surface area contributed by atoms with Gasteiger partial charge in [0.25, 0.3) is 12.4 Å². The minimum atomic E-state index is -0.250. The van der Waals surface area contributed by atoms with Crippen molar-refractivity contribution in [1.82, 2.24) is 29.9 Å². The smallest absolute Gasteiger partial charge is 0.290 e. The van der Waals surface area contributed by atoms with E-state index in [0.717, 1.165) is 17.7 Å². The Bertz CT molecular complexity index is 1050. The predicted octanol–water partition coefficient (Wildman–Crippen LogP) is 4.27. The van der Waals surface area contributed by atoms with Crippen LogP contribution in [-0.4, -0.2) is 46.6 Å². The van der Waals surface area contributed by atoms with Crippen molar-refractivity contribution in [2.24, 2.45) is 13.0 Å². The van der Waals surface area contributed by atoms with Crippen LogP contribution in [0.3, 0.4) is 0 Å². The highest BCUT2D eigenvalue weighted by atomic mass is 16.5. The minimum Gasteiger partial charge on any atom is -0.504 e. The van der Waals surface area contributed by atoms with Crippen LogP contribution in [0.25, 0.3) is 11.4 Å². The second-order valence-corrected chi connectivity index (χ2v) is 8.89. The number of nitrogens with one attached hydrogen (secondary N) is 1. The average Bonchev–Trinajstić information content (AvgIpc) is 3.45. The molecule has 190 valence electrons. The van der Waals surface area contributed by atoms with Crippen LogP contribution in [0, 0.1) is 12.8 Å². The fraction of sp³-hybridized carbons (Fsp3) is 0.583. The summed E-state index contributed by atoms with van der Waals surface area (Å²) in [5.74, 6) is 2.42. The summed E-state index contributed by atoms with van der Waals surface area (Å²) in [4.78, 5) is 21.3. The molecule has 11 nitrogen and oxygen atoms in total. The second-order valence-electron chi connectivity index (χ2n) is 8.89. The maximum absolute atomic E-state index is 9.62. The van der Waals surface area contributed by atoms with E-state index in [4.69, 9.17) is 14.4 Å². The molecule has 3 aromatic rings. The Balaban J connectivity index is 0.000000323. The van der Waals surface area contributed by atoms with Crippen molar-refractivity contribution in [2.75, 3.05) is 5.32 Å². The number of rotatable bonds is 6. The maximum atomic E-state index is 9.62.